The number of halogens is 2. The van der Waals surface area contributed by atoms with Crippen LogP contribution in [0.1, 0.15) is 30.6 Å². The number of amides is 1. The van der Waals surface area contributed by atoms with Gasteiger partial charge in [0.15, 0.2) is 0 Å². The molecule has 0 spiro atoms. The molecule has 0 aromatic heterocycles. The molecule has 0 aliphatic carbocycles. The minimum absolute atomic E-state index is 0.166. The number of nitrogens with zero attached hydrogens (tertiary/aromatic N) is 1. The Bertz CT molecular complexity index is 463. The van der Waals surface area contributed by atoms with Crippen molar-refractivity contribution in [1.29, 1.82) is 0 Å². The van der Waals surface area contributed by atoms with Crippen LogP contribution >= 0.6 is 38.5 Å². The number of hydrogen-bond donors (Lipinski definition) is 0. The van der Waals surface area contributed by atoms with Crippen LogP contribution in [0.2, 0.25) is 0 Å². The van der Waals surface area contributed by atoms with Crippen LogP contribution in [0.15, 0.2) is 22.7 Å². The minimum atomic E-state index is 0.166. The molecular formula is C14H17BrINO. The smallest absolute Gasteiger partial charge is 0.254 e. The van der Waals surface area contributed by atoms with E-state index >= 15 is 0 Å². The number of carbonyl (C=O) groups is 1. The van der Waals surface area contributed by atoms with Crippen LogP contribution in [0, 0.1) is 15.4 Å². The summed E-state index contributed by atoms with van der Waals surface area (Å²) in [4.78, 5) is 14.5. The number of rotatable bonds is 1. The van der Waals surface area contributed by atoms with E-state index in [-0.39, 0.29) is 5.91 Å². The fraction of sp³-hybridized carbons (Fsp3) is 0.500. The summed E-state index contributed by atoms with van der Waals surface area (Å²) in [5.74, 6) is 1.47. The van der Waals surface area contributed by atoms with Gasteiger partial charge in [0.1, 0.15) is 0 Å². The maximum atomic E-state index is 12.5. The third kappa shape index (κ3) is 3.07. The molecule has 0 radical (unpaired) electrons. The van der Waals surface area contributed by atoms with E-state index in [1.807, 2.05) is 23.1 Å². The van der Waals surface area contributed by atoms with E-state index in [4.69, 9.17) is 0 Å². The standard InChI is InChI=1S/C14H17BrINO/c1-9-5-6-17(8-10(9)2)14(18)12-7-11(15)3-4-13(12)16/h3-4,7,9-10H,5-6,8H2,1-2H3. The van der Waals surface area contributed by atoms with Crippen molar-refractivity contribution in [2.24, 2.45) is 11.8 Å². The van der Waals surface area contributed by atoms with Gasteiger partial charge in [0.2, 0.25) is 0 Å². The van der Waals surface area contributed by atoms with Crippen molar-refractivity contribution < 1.29 is 4.79 Å². The highest BCUT2D eigenvalue weighted by atomic mass is 127. The summed E-state index contributed by atoms with van der Waals surface area (Å²) in [7, 11) is 0. The Morgan fingerprint density at radius 3 is 2.78 bits per heavy atom. The molecule has 1 aliphatic heterocycles. The van der Waals surface area contributed by atoms with E-state index in [1.54, 1.807) is 0 Å². The lowest BCUT2D eigenvalue weighted by Crippen LogP contribution is -2.42. The van der Waals surface area contributed by atoms with Crippen molar-refractivity contribution in [2.45, 2.75) is 20.3 Å². The van der Waals surface area contributed by atoms with Crippen molar-refractivity contribution in [3.8, 4) is 0 Å². The van der Waals surface area contributed by atoms with Crippen LogP contribution in [-0.2, 0) is 0 Å². The first-order chi connectivity index (χ1) is 8.49. The average molecular weight is 422 g/mol. The van der Waals surface area contributed by atoms with E-state index in [0.29, 0.717) is 5.92 Å². The molecule has 2 nitrogen and oxygen atoms in total. The van der Waals surface area contributed by atoms with Crippen LogP contribution in [0.25, 0.3) is 0 Å². The first-order valence-corrected chi connectivity index (χ1v) is 8.10. The van der Waals surface area contributed by atoms with Crippen LogP contribution in [0.3, 0.4) is 0 Å². The van der Waals surface area contributed by atoms with Crippen LogP contribution in [-0.4, -0.2) is 23.9 Å². The molecule has 18 heavy (non-hydrogen) atoms. The lowest BCUT2D eigenvalue weighted by Gasteiger charge is -2.35. The van der Waals surface area contributed by atoms with Crippen LogP contribution in [0.5, 0.6) is 0 Å². The van der Waals surface area contributed by atoms with Gasteiger partial charge >= 0.3 is 0 Å². The maximum absolute atomic E-state index is 12.5. The van der Waals surface area contributed by atoms with Crippen molar-refractivity contribution in [3.05, 3.63) is 31.8 Å². The van der Waals surface area contributed by atoms with Gasteiger partial charge in [-0.2, -0.15) is 0 Å². The summed E-state index contributed by atoms with van der Waals surface area (Å²) >= 11 is 5.67. The molecule has 0 N–H and O–H groups in total. The third-order valence-electron chi connectivity index (χ3n) is 3.78. The highest BCUT2D eigenvalue weighted by molar-refractivity contribution is 14.1. The first-order valence-electron chi connectivity index (χ1n) is 6.23. The van der Waals surface area contributed by atoms with E-state index in [1.165, 1.54) is 0 Å². The molecule has 1 amide bonds. The molecule has 2 rings (SSSR count). The highest BCUT2D eigenvalue weighted by Gasteiger charge is 2.27. The molecule has 1 saturated heterocycles. The Morgan fingerprint density at radius 2 is 2.11 bits per heavy atom. The molecule has 2 atom stereocenters. The molecule has 1 aromatic carbocycles. The quantitative estimate of drug-likeness (QED) is 0.623. The van der Waals surface area contributed by atoms with Crippen LogP contribution < -0.4 is 0 Å². The summed E-state index contributed by atoms with van der Waals surface area (Å²) in [6, 6.07) is 5.88. The second kappa shape index (κ2) is 5.90. The van der Waals surface area contributed by atoms with Crippen molar-refractivity contribution >= 4 is 44.4 Å². The molecule has 98 valence electrons. The summed E-state index contributed by atoms with van der Waals surface area (Å²) in [6.07, 6.45) is 1.11. The highest BCUT2D eigenvalue weighted by Crippen LogP contribution is 2.26. The normalized spacial score (nSPS) is 24.1. The van der Waals surface area contributed by atoms with Gasteiger partial charge in [-0.05, 0) is 59.0 Å². The lowest BCUT2D eigenvalue weighted by molar-refractivity contribution is 0.0626. The molecule has 4 heteroatoms. The molecule has 2 unspecified atom stereocenters. The molecular weight excluding hydrogens is 405 g/mol. The number of likely N-dealkylation sites (tertiary alicyclic amines) is 1. The average Bonchev–Trinajstić information content (AvgIpc) is 2.35. The molecule has 1 fully saturated rings. The number of carbonyl (C=O) groups excluding carboxylic acids is 1. The van der Waals surface area contributed by atoms with E-state index in [0.717, 1.165) is 39.0 Å². The Balaban J connectivity index is 2.19. The minimum Gasteiger partial charge on any atom is -0.338 e. The summed E-state index contributed by atoms with van der Waals surface area (Å²) in [5.41, 5.74) is 0.812. The number of benzene rings is 1. The van der Waals surface area contributed by atoms with Gasteiger partial charge in [0, 0.05) is 21.1 Å². The Hall–Kier alpha value is -0.100. The monoisotopic (exact) mass is 421 g/mol. The zero-order valence-corrected chi connectivity index (χ0v) is 14.4. The van der Waals surface area contributed by atoms with E-state index in [9.17, 15) is 4.79 Å². The van der Waals surface area contributed by atoms with Crippen molar-refractivity contribution in [3.63, 3.8) is 0 Å². The molecule has 0 saturated carbocycles. The Morgan fingerprint density at radius 1 is 1.39 bits per heavy atom. The lowest BCUT2D eigenvalue weighted by atomic mass is 9.88. The zero-order chi connectivity index (χ0) is 13.3. The maximum Gasteiger partial charge on any atom is 0.254 e. The summed E-state index contributed by atoms with van der Waals surface area (Å²) in [6.45, 7) is 6.26. The molecule has 0 bridgehead atoms. The van der Waals surface area contributed by atoms with E-state index < -0.39 is 0 Å². The van der Waals surface area contributed by atoms with Crippen molar-refractivity contribution in [2.75, 3.05) is 13.1 Å². The molecule has 1 heterocycles. The molecule has 1 aliphatic rings. The van der Waals surface area contributed by atoms with Gasteiger partial charge in [-0.3, -0.25) is 4.79 Å². The predicted molar refractivity (Wildman–Crippen MR) is 85.7 cm³/mol. The van der Waals surface area contributed by atoms with Gasteiger partial charge in [0.05, 0.1) is 5.56 Å². The van der Waals surface area contributed by atoms with Gasteiger partial charge in [-0.25, -0.2) is 0 Å². The fourth-order valence-corrected chi connectivity index (χ4v) is 3.21. The first kappa shape index (κ1) is 14.3. The number of hydrogen-bond acceptors (Lipinski definition) is 1. The predicted octanol–water partition coefficient (Wildman–Crippen LogP) is 4.17. The van der Waals surface area contributed by atoms with Gasteiger partial charge in [-0.1, -0.05) is 29.8 Å². The van der Waals surface area contributed by atoms with Crippen molar-refractivity contribution in [1.82, 2.24) is 4.90 Å². The van der Waals surface area contributed by atoms with Gasteiger partial charge < -0.3 is 4.90 Å². The SMILES string of the molecule is CC1CCN(C(=O)c2cc(Br)ccc2I)CC1C. The topological polar surface area (TPSA) is 20.3 Å². The zero-order valence-electron chi connectivity index (χ0n) is 10.6. The second-order valence-electron chi connectivity index (χ2n) is 5.12. The Labute approximate surface area is 130 Å². The summed E-state index contributed by atoms with van der Waals surface area (Å²) < 4.78 is 1.98. The van der Waals surface area contributed by atoms with E-state index in [2.05, 4.69) is 52.4 Å². The third-order valence-corrected chi connectivity index (χ3v) is 5.21. The van der Waals surface area contributed by atoms with Gasteiger partial charge in [0.25, 0.3) is 5.91 Å². The van der Waals surface area contributed by atoms with Gasteiger partial charge in [-0.15, -0.1) is 0 Å². The van der Waals surface area contributed by atoms with Crippen LogP contribution in [0.4, 0.5) is 0 Å². The number of piperidine rings is 1. The fourth-order valence-electron chi connectivity index (χ4n) is 2.28. The molecule has 1 aromatic rings. The summed E-state index contributed by atoms with van der Waals surface area (Å²) in [5, 5.41) is 0. The Kier molecular flexibility index (Phi) is 4.69. The largest absolute Gasteiger partial charge is 0.338 e. The second-order valence-corrected chi connectivity index (χ2v) is 7.20.